The van der Waals surface area contributed by atoms with Crippen LogP contribution in [0.3, 0.4) is 0 Å². The molecule has 13 heteroatoms. The number of fused-ring (bicyclic) bond motifs is 1. The Hall–Kier alpha value is -4.00. The van der Waals surface area contributed by atoms with Crippen LogP contribution in [0.1, 0.15) is 64.9 Å². The zero-order valence-electron chi connectivity index (χ0n) is 29.6. The molecule has 12 nitrogen and oxygen atoms in total. The molecule has 0 radical (unpaired) electrons. The molecule has 3 atom stereocenters. The maximum absolute atomic E-state index is 13.9. The van der Waals surface area contributed by atoms with E-state index in [1.807, 2.05) is 20.8 Å². The van der Waals surface area contributed by atoms with E-state index in [4.69, 9.17) is 4.74 Å². The van der Waals surface area contributed by atoms with Gasteiger partial charge in [-0.1, -0.05) is 32.9 Å². The van der Waals surface area contributed by atoms with Gasteiger partial charge in [0.25, 0.3) is 0 Å². The van der Waals surface area contributed by atoms with E-state index in [9.17, 15) is 14.4 Å². The molecule has 49 heavy (non-hydrogen) atoms. The normalized spacial score (nSPS) is 18.3. The van der Waals surface area contributed by atoms with Crippen LogP contribution in [-0.4, -0.2) is 96.5 Å². The lowest BCUT2D eigenvalue weighted by atomic mass is 9.85. The number of likely N-dealkylation sites (tertiary alicyclic amines) is 2. The molecule has 5 rings (SSSR count). The van der Waals surface area contributed by atoms with Crippen LogP contribution in [0.4, 0.5) is 17.2 Å². The molecule has 3 amide bonds. The fraction of sp³-hybridized carbons (Fsp3) is 0.528. The lowest BCUT2D eigenvalue weighted by Crippen LogP contribution is -2.59. The van der Waals surface area contributed by atoms with Crippen molar-refractivity contribution in [1.82, 2.24) is 30.4 Å². The molecular formula is C36H51ClN8O4. The van der Waals surface area contributed by atoms with E-state index in [0.29, 0.717) is 53.5 Å². The number of carbonyl (C=O) groups excluding carboxylic acids is 3. The van der Waals surface area contributed by atoms with Crippen molar-refractivity contribution < 1.29 is 19.1 Å². The average molecular weight is 695 g/mol. The van der Waals surface area contributed by atoms with E-state index in [2.05, 4.69) is 67.4 Å². The molecule has 266 valence electrons. The van der Waals surface area contributed by atoms with Crippen LogP contribution in [0, 0.1) is 5.41 Å². The van der Waals surface area contributed by atoms with Gasteiger partial charge in [-0.25, -0.2) is 9.97 Å². The van der Waals surface area contributed by atoms with Crippen LogP contribution >= 0.6 is 12.4 Å². The third kappa shape index (κ3) is 8.78. The van der Waals surface area contributed by atoms with E-state index in [1.54, 1.807) is 31.0 Å². The molecule has 0 spiro atoms. The summed E-state index contributed by atoms with van der Waals surface area (Å²) in [6, 6.07) is 10.1. The minimum absolute atomic E-state index is 0. The summed E-state index contributed by atoms with van der Waals surface area (Å²) >= 11 is 0. The highest BCUT2D eigenvalue weighted by Crippen LogP contribution is 2.35. The van der Waals surface area contributed by atoms with E-state index in [0.717, 1.165) is 31.6 Å². The average Bonchev–Trinajstić information content (AvgIpc) is 3.57. The first-order valence-electron chi connectivity index (χ1n) is 16.9. The molecule has 3 aromatic rings. The van der Waals surface area contributed by atoms with Crippen molar-refractivity contribution in [3.8, 4) is 5.75 Å². The molecule has 0 bridgehead atoms. The van der Waals surface area contributed by atoms with E-state index in [-0.39, 0.29) is 30.1 Å². The Morgan fingerprint density at radius 3 is 2.33 bits per heavy atom. The van der Waals surface area contributed by atoms with E-state index < -0.39 is 23.5 Å². The number of rotatable bonds is 10. The van der Waals surface area contributed by atoms with Crippen LogP contribution in [0.2, 0.25) is 0 Å². The number of carbonyl (C=O) groups is 3. The van der Waals surface area contributed by atoms with Crippen molar-refractivity contribution in [3.05, 3.63) is 48.3 Å². The second-order valence-electron chi connectivity index (χ2n) is 14.1. The number of ether oxygens (including phenoxy) is 1. The number of methoxy groups -OCH3 is 1. The zero-order valence-corrected chi connectivity index (χ0v) is 30.4. The number of nitrogens with zero attached hydrogens (tertiary/aromatic N) is 4. The predicted molar refractivity (Wildman–Crippen MR) is 196 cm³/mol. The lowest BCUT2D eigenvalue weighted by Gasteiger charge is -2.36. The van der Waals surface area contributed by atoms with Gasteiger partial charge in [-0.05, 0) is 94.9 Å². The molecule has 2 aromatic carbocycles. The Kier molecular flexibility index (Phi) is 12.5. The van der Waals surface area contributed by atoms with Crippen molar-refractivity contribution in [1.29, 1.82) is 0 Å². The standard InChI is InChI=1S/C36H50N8O4.ClH/c1-22(37-5)33(45)42-31(36(2,3)4)35(47)44-16-8-9-29(44)34(46)41-28-19-26-27(20-30(28)48-7)38-21-39-32(26)40-25-12-10-23(11-13-25)24-14-17-43(6)18-15-24;/h10-13,19-22,24,29,31,37H,8-9,14-18H2,1-7H3,(H,41,46)(H,42,45)(H,38,39,40);1H/t22-,29?,31+;/m0./s1. The van der Waals surface area contributed by atoms with E-state index in [1.165, 1.54) is 19.0 Å². The highest BCUT2D eigenvalue weighted by molar-refractivity contribution is 6.03. The van der Waals surface area contributed by atoms with Crippen LogP contribution in [0.5, 0.6) is 5.75 Å². The first-order chi connectivity index (χ1) is 22.9. The molecule has 0 saturated carbocycles. The molecule has 3 heterocycles. The molecule has 2 saturated heterocycles. The molecule has 4 N–H and O–H groups in total. The van der Waals surface area contributed by atoms with Gasteiger partial charge in [-0.2, -0.15) is 0 Å². The number of halogens is 1. The molecule has 1 aromatic heterocycles. The van der Waals surface area contributed by atoms with Crippen LogP contribution in [-0.2, 0) is 14.4 Å². The second-order valence-corrected chi connectivity index (χ2v) is 14.1. The lowest BCUT2D eigenvalue weighted by molar-refractivity contribution is -0.143. The summed E-state index contributed by atoms with van der Waals surface area (Å²) in [4.78, 5) is 53.4. The molecule has 2 fully saturated rings. The van der Waals surface area contributed by atoms with Crippen molar-refractivity contribution >= 4 is 58.2 Å². The van der Waals surface area contributed by atoms with Crippen molar-refractivity contribution in [2.75, 3.05) is 51.5 Å². The summed E-state index contributed by atoms with van der Waals surface area (Å²) in [5, 5.41) is 13.0. The van der Waals surface area contributed by atoms with Crippen LogP contribution in [0.15, 0.2) is 42.7 Å². The number of likely N-dealkylation sites (N-methyl/N-ethyl adjacent to an activating group) is 1. The number of hydrogen-bond acceptors (Lipinski definition) is 9. The summed E-state index contributed by atoms with van der Waals surface area (Å²) in [5.41, 5.74) is 2.79. The highest BCUT2D eigenvalue weighted by atomic mass is 35.5. The third-order valence-corrected chi connectivity index (χ3v) is 9.64. The Morgan fingerprint density at radius 1 is 1.00 bits per heavy atom. The second kappa shape index (κ2) is 16.1. The predicted octanol–water partition coefficient (Wildman–Crippen LogP) is 4.68. The molecular weight excluding hydrogens is 644 g/mol. The van der Waals surface area contributed by atoms with Gasteiger partial charge in [0.2, 0.25) is 17.7 Å². The van der Waals surface area contributed by atoms with Gasteiger partial charge in [0, 0.05) is 23.7 Å². The monoisotopic (exact) mass is 694 g/mol. The zero-order chi connectivity index (χ0) is 34.6. The Morgan fingerprint density at radius 2 is 1.69 bits per heavy atom. The van der Waals surface area contributed by atoms with Gasteiger partial charge in [-0.15, -0.1) is 12.4 Å². The van der Waals surface area contributed by atoms with Gasteiger partial charge in [0.05, 0.1) is 24.4 Å². The van der Waals surface area contributed by atoms with Gasteiger partial charge < -0.3 is 35.8 Å². The fourth-order valence-electron chi connectivity index (χ4n) is 6.50. The number of piperidine rings is 1. The smallest absolute Gasteiger partial charge is 0.247 e. The summed E-state index contributed by atoms with van der Waals surface area (Å²) in [6.07, 6.45) is 5.00. The molecule has 2 aliphatic heterocycles. The first kappa shape index (κ1) is 37.8. The van der Waals surface area contributed by atoms with Gasteiger partial charge >= 0.3 is 0 Å². The minimum atomic E-state index is -0.798. The Bertz CT molecular complexity index is 1620. The maximum Gasteiger partial charge on any atom is 0.247 e. The number of benzene rings is 2. The number of nitrogens with one attached hydrogen (secondary N) is 4. The third-order valence-electron chi connectivity index (χ3n) is 9.64. The number of hydrogen-bond donors (Lipinski definition) is 4. The summed E-state index contributed by atoms with van der Waals surface area (Å²) in [5.74, 6) is 0.745. The largest absolute Gasteiger partial charge is 0.494 e. The van der Waals surface area contributed by atoms with E-state index >= 15 is 0 Å². The number of amides is 3. The maximum atomic E-state index is 13.9. The minimum Gasteiger partial charge on any atom is -0.494 e. The van der Waals surface area contributed by atoms with Gasteiger partial charge in [0.1, 0.15) is 30.0 Å². The van der Waals surface area contributed by atoms with Crippen molar-refractivity contribution in [2.45, 2.75) is 77.4 Å². The summed E-state index contributed by atoms with van der Waals surface area (Å²) < 4.78 is 5.65. The number of anilines is 3. The first-order valence-corrected chi connectivity index (χ1v) is 16.9. The SMILES string of the molecule is CN[C@@H](C)C(=O)N[C@H](C(=O)N1CCCC1C(=O)Nc1cc2c(Nc3ccc(C4CCN(C)CC4)cc3)ncnc2cc1OC)C(C)(C)C.Cl. The van der Waals surface area contributed by atoms with Crippen LogP contribution in [0.25, 0.3) is 10.9 Å². The topological polar surface area (TPSA) is 141 Å². The highest BCUT2D eigenvalue weighted by Gasteiger charge is 2.42. The molecule has 1 unspecified atom stereocenters. The van der Waals surface area contributed by atoms with Crippen molar-refractivity contribution in [3.63, 3.8) is 0 Å². The van der Waals surface area contributed by atoms with Crippen molar-refractivity contribution in [2.24, 2.45) is 5.41 Å². The Labute approximate surface area is 295 Å². The van der Waals surface area contributed by atoms with Gasteiger partial charge in [-0.3, -0.25) is 14.4 Å². The fourth-order valence-corrected chi connectivity index (χ4v) is 6.50. The molecule has 2 aliphatic rings. The summed E-state index contributed by atoms with van der Waals surface area (Å²) in [7, 11) is 5.40. The Balaban J connectivity index is 0.00000541. The number of aromatic nitrogens is 2. The van der Waals surface area contributed by atoms with Crippen LogP contribution < -0.4 is 26.0 Å². The quantitative estimate of drug-likeness (QED) is 0.238. The molecule has 0 aliphatic carbocycles. The van der Waals surface area contributed by atoms with Gasteiger partial charge in [0.15, 0.2) is 0 Å². The summed E-state index contributed by atoms with van der Waals surface area (Å²) in [6.45, 7) is 10.1.